The Balaban J connectivity index is 2.29. The van der Waals surface area contributed by atoms with Crippen LogP contribution >= 0.6 is 11.6 Å². The highest BCUT2D eigenvalue weighted by Crippen LogP contribution is 2.26. The molecule has 0 spiro atoms. The number of aromatic nitrogens is 4. The van der Waals surface area contributed by atoms with Gasteiger partial charge in [0, 0.05) is 6.07 Å². The van der Waals surface area contributed by atoms with Gasteiger partial charge in [-0.05, 0) is 26.0 Å². The van der Waals surface area contributed by atoms with E-state index in [1.54, 1.807) is 30.5 Å². The maximum absolute atomic E-state index is 13.9. The summed E-state index contributed by atoms with van der Waals surface area (Å²) in [7, 11) is 1.42. The fraction of sp³-hybridized carbons (Fsp3) is 0.214. The van der Waals surface area contributed by atoms with Crippen LogP contribution in [-0.4, -0.2) is 26.6 Å². The van der Waals surface area contributed by atoms with Gasteiger partial charge in [-0.1, -0.05) is 11.6 Å². The van der Waals surface area contributed by atoms with E-state index in [1.165, 1.54) is 13.2 Å². The van der Waals surface area contributed by atoms with Gasteiger partial charge in [0.25, 0.3) is 0 Å². The Hall–Kier alpha value is -2.21. The molecular formula is C14H12ClFN4O. The maximum atomic E-state index is 13.9. The van der Waals surface area contributed by atoms with Gasteiger partial charge < -0.3 is 4.74 Å². The van der Waals surface area contributed by atoms with Crippen LogP contribution in [0.25, 0.3) is 16.9 Å². The van der Waals surface area contributed by atoms with Gasteiger partial charge in [0.2, 0.25) is 0 Å². The first-order chi connectivity index (χ1) is 10.0. The number of rotatable bonds is 2. The molecule has 0 unspecified atom stereocenters. The zero-order valence-corrected chi connectivity index (χ0v) is 12.4. The lowest BCUT2D eigenvalue weighted by Gasteiger charge is -2.08. The quantitative estimate of drug-likeness (QED) is 0.682. The Morgan fingerprint density at radius 1 is 1.19 bits per heavy atom. The highest BCUT2D eigenvalue weighted by molar-refractivity contribution is 6.33. The lowest BCUT2D eigenvalue weighted by atomic mass is 10.3. The van der Waals surface area contributed by atoms with Crippen LogP contribution in [0.5, 0.6) is 5.75 Å². The molecule has 0 atom stereocenters. The summed E-state index contributed by atoms with van der Waals surface area (Å²) in [6.45, 7) is 3.54. The van der Waals surface area contributed by atoms with Crippen LogP contribution in [0, 0.1) is 19.7 Å². The molecule has 7 heteroatoms. The second kappa shape index (κ2) is 4.96. The molecule has 0 amide bonds. The van der Waals surface area contributed by atoms with Gasteiger partial charge in [0.05, 0.1) is 12.8 Å². The van der Waals surface area contributed by atoms with Gasteiger partial charge in [0.1, 0.15) is 17.2 Å². The molecule has 0 aliphatic heterocycles. The van der Waals surface area contributed by atoms with E-state index >= 15 is 0 Å². The van der Waals surface area contributed by atoms with E-state index in [-0.39, 0.29) is 10.9 Å². The van der Waals surface area contributed by atoms with Crippen LogP contribution in [0.15, 0.2) is 18.2 Å². The van der Waals surface area contributed by atoms with Crippen molar-refractivity contribution >= 4 is 22.8 Å². The van der Waals surface area contributed by atoms with Crippen molar-refractivity contribution in [3.05, 3.63) is 40.8 Å². The van der Waals surface area contributed by atoms with Gasteiger partial charge in [-0.2, -0.15) is 0 Å². The summed E-state index contributed by atoms with van der Waals surface area (Å²) in [6.07, 6.45) is 0. The predicted octanol–water partition coefficient (Wildman–Crippen LogP) is 3.23. The number of ether oxygens (including phenoxy) is 1. The Morgan fingerprint density at radius 3 is 2.62 bits per heavy atom. The highest BCUT2D eigenvalue weighted by atomic mass is 35.5. The highest BCUT2D eigenvalue weighted by Gasteiger charge is 2.16. The van der Waals surface area contributed by atoms with Gasteiger partial charge in [-0.25, -0.2) is 19.3 Å². The third kappa shape index (κ3) is 2.21. The third-order valence-electron chi connectivity index (χ3n) is 3.14. The fourth-order valence-electron chi connectivity index (χ4n) is 2.24. The molecule has 0 N–H and O–H groups in total. The first-order valence-corrected chi connectivity index (χ1v) is 6.62. The van der Waals surface area contributed by atoms with Crippen LogP contribution < -0.4 is 4.74 Å². The van der Waals surface area contributed by atoms with Gasteiger partial charge >= 0.3 is 0 Å². The number of methoxy groups -OCH3 is 1. The number of fused-ring (bicyclic) bond motifs is 1. The van der Waals surface area contributed by atoms with Crippen molar-refractivity contribution in [3.8, 4) is 11.4 Å². The number of hydrogen-bond donors (Lipinski definition) is 0. The summed E-state index contributed by atoms with van der Waals surface area (Å²) in [6, 6.07) is 4.67. The van der Waals surface area contributed by atoms with E-state index in [0.29, 0.717) is 28.5 Å². The van der Waals surface area contributed by atoms with Crippen molar-refractivity contribution in [1.82, 2.24) is 19.5 Å². The predicted molar refractivity (Wildman–Crippen MR) is 77.7 cm³/mol. The zero-order chi connectivity index (χ0) is 15.1. The monoisotopic (exact) mass is 306 g/mol. The first-order valence-electron chi connectivity index (χ1n) is 6.24. The average Bonchev–Trinajstić information content (AvgIpc) is 2.75. The zero-order valence-electron chi connectivity index (χ0n) is 11.7. The molecule has 3 rings (SSSR count). The minimum atomic E-state index is -0.451. The van der Waals surface area contributed by atoms with Gasteiger partial charge in [-0.3, -0.25) is 4.57 Å². The molecule has 2 heterocycles. The van der Waals surface area contributed by atoms with E-state index in [4.69, 9.17) is 16.3 Å². The Morgan fingerprint density at radius 2 is 1.95 bits per heavy atom. The second-order valence-corrected chi connectivity index (χ2v) is 4.91. The van der Waals surface area contributed by atoms with Crippen molar-refractivity contribution in [2.24, 2.45) is 0 Å². The molecular weight excluding hydrogens is 295 g/mol. The topological polar surface area (TPSA) is 52.8 Å². The van der Waals surface area contributed by atoms with E-state index in [9.17, 15) is 4.39 Å². The van der Waals surface area contributed by atoms with Crippen LogP contribution in [0.4, 0.5) is 4.39 Å². The summed E-state index contributed by atoms with van der Waals surface area (Å²) in [5, 5.41) is 0.285. The summed E-state index contributed by atoms with van der Waals surface area (Å²) in [5.74, 6) is 0.914. The Kier molecular flexibility index (Phi) is 3.25. The van der Waals surface area contributed by atoms with Crippen LogP contribution in [0.2, 0.25) is 5.15 Å². The van der Waals surface area contributed by atoms with Gasteiger partial charge in [-0.15, -0.1) is 0 Å². The fourth-order valence-corrected chi connectivity index (χ4v) is 2.49. The number of hydrogen-bond acceptors (Lipinski definition) is 4. The van der Waals surface area contributed by atoms with E-state index in [0.717, 1.165) is 0 Å². The standard InChI is InChI=1S/C14H12ClFN4O/c1-7-17-13(15)12-14(18-7)20(8(2)19-12)9-4-5-11(21-3)10(16)6-9/h4-6H,1-3H3. The minimum absolute atomic E-state index is 0.185. The third-order valence-corrected chi connectivity index (χ3v) is 3.40. The van der Waals surface area contributed by atoms with Crippen molar-refractivity contribution in [2.45, 2.75) is 13.8 Å². The largest absolute Gasteiger partial charge is 0.494 e. The molecule has 2 aromatic heterocycles. The average molecular weight is 307 g/mol. The molecule has 3 aromatic rings. The van der Waals surface area contributed by atoms with E-state index in [2.05, 4.69) is 15.0 Å². The molecule has 108 valence electrons. The molecule has 0 saturated carbocycles. The molecule has 5 nitrogen and oxygen atoms in total. The van der Waals surface area contributed by atoms with Gasteiger partial charge in [0.15, 0.2) is 22.4 Å². The Labute approximate surface area is 125 Å². The molecule has 1 aromatic carbocycles. The van der Waals surface area contributed by atoms with Crippen LogP contribution in [-0.2, 0) is 0 Å². The SMILES string of the molecule is COc1ccc(-n2c(C)nc3c(Cl)nc(C)nc32)cc1F. The maximum Gasteiger partial charge on any atom is 0.169 e. The van der Waals surface area contributed by atoms with Crippen molar-refractivity contribution in [2.75, 3.05) is 7.11 Å². The van der Waals surface area contributed by atoms with E-state index < -0.39 is 5.82 Å². The number of nitrogens with zero attached hydrogens (tertiary/aromatic N) is 4. The molecule has 21 heavy (non-hydrogen) atoms. The van der Waals surface area contributed by atoms with Crippen LogP contribution in [0.1, 0.15) is 11.6 Å². The summed E-state index contributed by atoms with van der Waals surface area (Å²) >= 11 is 6.09. The number of aryl methyl sites for hydroxylation is 2. The Bertz CT molecular complexity index is 847. The lowest BCUT2D eigenvalue weighted by Crippen LogP contribution is -2.01. The summed E-state index contributed by atoms with van der Waals surface area (Å²) < 4.78 is 20.6. The lowest BCUT2D eigenvalue weighted by molar-refractivity contribution is 0.386. The van der Waals surface area contributed by atoms with E-state index in [1.807, 2.05) is 0 Å². The summed E-state index contributed by atoms with van der Waals surface area (Å²) in [5.41, 5.74) is 1.65. The smallest absolute Gasteiger partial charge is 0.169 e. The van der Waals surface area contributed by atoms with Crippen LogP contribution in [0.3, 0.4) is 0 Å². The van der Waals surface area contributed by atoms with Crippen molar-refractivity contribution in [3.63, 3.8) is 0 Å². The molecule has 0 radical (unpaired) electrons. The van der Waals surface area contributed by atoms with Crippen molar-refractivity contribution in [1.29, 1.82) is 0 Å². The number of benzene rings is 1. The number of imidazole rings is 1. The molecule has 0 bridgehead atoms. The normalized spacial score (nSPS) is 11.1. The number of halogens is 2. The molecule has 0 saturated heterocycles. The summed E-state index contributed by atoms with van der Waals surface area (Å²) in [4.78, 5) is 12.8. The molecule has 0 fully saturated rings. The first kappa shape index (κ1) is 13.8. The van der Waals surface area contributed by atoms with Crippen molar-refractivity contribution < 1.29 is 9.13 Å². The molecule has 0 aliphatic carbocycles. The second-order valence-electron chi connectivity index (χ2n) is 4.55. The minimum Gasteiger partial charge on any atom is -0.494 e. The molecule has 0 aliphatic rings.